The van der Waals surface area contributed by atoms with Gasteiger partial charge in [0.1, 0.15) is 5.69 Å². The molecule has 1 fully saturated rings. The Morgan fingerprint density at radius 3 is 2.74 bits per heavy atom. The fourth-order valence-corrected chi connectivity index (χ4v) is 2.30. The van der Waals surface area contributed by atoms with E-state index >= 15 is 0 Å². The van der Waals surface area contributed by atoms with Crippen molar-refractivity contribution in [2.24, 2.45) is 0 Å². The summed E-state index contributed by atoms with van der Waals surface area (Å²) in [7, 11) is 0. The van der Waals surface area contributed by atoms with Gasteiger partial charge in [-0.25, -0.2) is 18.6 Å². The van der Waals surface area contributed by atoms with Crippen LogP contribution >= 0.6 is 0 Å². The van der Waals surface area contributed by atoms with Crippen LogP contribution in [0.4, 0.5) is 26.7 Å². The number of urea groups is 1. The van der Waals surface area contributed by atoms with Gasteiger partial charge in [0.2, 0.25) is 0 Å². The van der Waals surface area contributed by atoms with Crippen molar-refractivity contribution in [3.05, 3.63) is 29.6 Å². The van der Waals surface area contributed by atoms with Crippen LogP contribution in [0, 0.1) is 0 Å². The Morgan fingerprint density at radius 2 is 2.13 bits per heavy atom. The first-order chi connectivity index (χ1) is 10.6. The molecule has 0 radical (unpaired) electrons. The predicted molar refractivity (Wildman–Crippen MR) is 68.6 cm³/mol. The van der Waals surface area contributed by atoms with Gasteiger partial charge in [0.05, 0.1) is 31.4 Å². The van der Waals surface area contributed by atoms with E-state index in [4.69, 9.17) is 5.11 Å². The largest absolute Gasteiger partial charge is 0.433 e. The topological polar surface area (TPSA) is 65.5 Å². The summed E-state index contributed by atoms with van der Waals surface area (Å²) in [4.78, 5) is 16.0. The molecule has 0 spiro atoms. The highest BCUT2D eigenvalue weighted by Gasteiger charge is 2.46. The van der Waals surface area contributed by atoms with Gasteiger partial charge in [-0.1, -0.05) is 6.07 Å². The van der Waals surface area contributed by atoms with Crippen LogP contribution in [0.2, 0.25) is 0 Å². The molecule has 2 heterocycles. The van der Waals surface area contributed by atoms with Crippen molar-refractivity contribution in [2.45, 2.75) is 31.1 Å². The average molecular weight is 339 g/mol. The molecule has 1 unspecified atom stereocenters. The van der Waals surface area contributed by atoms with E-state index in [1.807, 2.05) is 0 Å². The molecule has 2 N–H and O–H groups in total. The van der Waals surface area contributed by atoms with Crippen LogP contribution in [-0.2, 0) is 12.7 Å². The molecule has 1 aliphatic rings. The molecule has 1 aliphatic heterocycles. The van der Waals surface area contributed by atoms with E-state index < -0.39 is 49.4 Å². The highest BCUT2D eigenvalue weighted by atomic mass is 19.4. The summed E-state index contributed by atoms with van der Waals surface area (Å²) >= 11 is 0. The normalized spacial score (nSPS) is 20.6. The van der Waals surface area contributed by atoms with Gasteiger partial charge in [-0.15, -0.1) is 0 Å². The van der Waals surface area contributed by atoms with Crippen molar-refractivity contribution in [1.82, 2.24) is 15.2 Å². The predicted octanol–water partition coefficient (Wildman–Crippen LogP) is 2.01. The number of carbonyl (C=O) groups excluding carboxylic acids is 1. The van der Waals surface area contributed by atoms with Crippen LogP contribution in [0.5, 0.6) is 0 Å². The van der Waals surface area contributed by atoms with Crippen LogP contribution in [0.15, 0.2) is 18.2 Å². The number of aliphatic hydroxyl groups excluding tert-OH is 1. The van der Waals surface area contributed by atoms with Gasteiger partial charge < -0.3 is 15.3 Å². The second kappa shape index (κ2) is 6.26. The number of alkyl halides is 5. The first kappa shape index (κ1) is 17.4. The van der Waals surface area contributed by atoms with E-state index in [1.165, 1.54) is 6.07 Å². The van der Waals surface area contributed by atoms with Gasteiger partial charge in [0.25, 0.3) is 5.92 Å². The molecule has 1 saturated heterocycles. The molecule has 0 aliphatic carbocycles. The van der Waals surface area contributed by atoms with E-state index in [9.17, 15) is 26.7 Å². The number of aliphatic hydroxyl groups is 1. The Hall–Kier alpha value is -1.97. The summed E-state index contributed by atoms with van der Waals surface area (Å²) in [5, 5.41) is 11.3. The third-order valence-corrected chi connectivity index (χ3v) is 3.37. The van der Waals surface area contributed by atoms with Crippen molar-refractivity contribution in [3.8, 4) is 0 Å². The van der Waals surface area contributed by atoms with E-state index in [1.54, 1.807) is 0 Å². The number of nitrogens with one attached hydrogen (secondary N) is 1. The lowest BCUT2D eigenvalue weighted by atomic mass is 10.2. The molecule has 0 saturated carbocycles. The zero-order chi connectivity index (χ0) is 17.3. The van der Waals surface area contributed by atoms with Crippen molar-refractivity contribution in [1.29, 1.82) is 0 Å². The third-order valence-electron chi connectivity index (χ3n) is 3.37. The van der Waals surface area contributed by atoms with Crippen LogP contribution in [0.3, 0.4) is 0 Å². The number of likely N-dealkylation sites (tertiary alicyclic amines) is 1. The van der Waals surface area contributed by atoms with Gasteiger partial charge in [-0.05, 0) is 12.1 Å². The zero-order valence-electron chi connectivity index (χ0n) is 11.8. The molecule has 1 atom stereocenters. The van der Waals surface area contributed by atoms with E-state index in [0.717, 1.165) is 17.0 Å². The quantitative estimate of drug-likeness (QED) is 0.828. The maximum absolute atomic E-state index is 13.3. The fourth-order valence-electron chi connectivity index (χ4n) is 2.30. The van der Waals surface area contributed by atoms with E-state index in [0.29, 0.717) is 0 Å². The van der Waals surface area contributed by atoms with Gasteiger partial charge in [-0.2, -0.15) is 13.2 Å². The van der Waals surface area contributed by atoms with Crippen LogP contribution in [0.1, 0.15) is 17.8 Å². The lowest BCUT2D eigenvalue weighted by molar-refractivity contribution is -0.141. The highest BCUT2D eigenvalue weighted by molar-refractivity contribution is 5.75. The van der Waals surface area contributed by atoms with Gasteiger partial charge >= 0.3 is 12.2 Å². The number of pyridine rings is 1. The zero-order valence-corrected chi connectivity index (χ0v) is 11.8. The minimum Gasteiger partial charge on any atom is -0.394 e. The van der Waals surface area contributed by atoms with Crippen LogP contribution in [-0.4, -0.2) is 46.1 Å². The summed E-state index contributed by atoms with van der Waals surface area (Å²) in [6, 6.07) is 1.28. The number of halogens is 5. The van der Waals surface area contributed by atoms with E-state index in [2.05, 4.69) is 10.3 Å². The standard InChI is InChI=1S/C13H14F5N3O2/c14-12(15)4-9(6-22)21(7-12)11(23)19-5-8-2-1-3-10(20-8)13(16,17)18/h1-3,9,22H,4-7H2,(H,19,23). The van der Waals surface area contributed by atoms with E-state index in [-0.39, 0.29) is 12.2 Å². The number of hydrogen-bond donors (Lipinski definition) is 2. The Labute approximate surface area is 128 Å². The first-order valence-electron chi connectivity index (χ1n) is 6.69. The molecule has 0 aromatic carbocycles. The molecular weight excluding hydrogens is 325 g/mol. The molecule has 10 heteroatoms. The summed E-state index contributed by atoms with van der Waals surface area (Å²) in [6.45, 7) is -1.81. The molecule has 2 amide bonds. The highest BCUT2D eigenvalue weighted by Crippen LogP contribution is 2.31. The number of rotatable bonds is 3. The SMILES string of the molecule is O=C(NCc1cccc(C(F)(F)F)n1)N1CC(F)(F)CC1CO. The number of aromatic nitrogens is 1. The molecule has 128 valence electrons. The monoisotopic (exact) mass is 339 g/mol. The number of carbonyl (C=O) groups is 1. The summed E-state index contributed by atoms with van der Waals surface area (Å²) < 4.78 is 64.1. The Balaban J connectivity index is 2.00. The summed E-state index contributed by atoms with van der Waals surface area (Å²) in [6.07, 6.45) is -5.27. The summed E-state index contributed by atoms with van der Waals surface area (Å²) in [5.41, 5.74) is -1.16. The van der Waals surface area contributed by atoms with Crippen molar-refractivity contribution < 1.29 is 31.9 Å². The lowest BCUT2D eigenvalue weighted by Gasteiger charge is -2.22. The minimum atomic E-state index is -4.61. The molecule has 1 aromatic rings. The molecule has 0 bridgehead atoms. The first-order valence-corrected chi connectivity index (χ1v) is 6.69. The number of amides is 2. The van der Waals surface area contributed by atoms with Crippen molar-refractivity contribution in [2.75, 3.05) is 13.2 Å². The Bertz CT molecular complexity index is 579. The van der Waals surface area contributed by atoms with Gasteiger partial charge in [0.15, 0.2) is 0 Å². The Kier molecular flexibility index (Phi) is 4.73. The summed E-state index contributed by atoms with van der Waals surface area (Å²) in [5.74, 6) is -3.10. The molecule has 1 aromatic heterocycles. The van der Waals surface area contributed by atoms with Crippen LogP contribution in [0.25, 0.3) is 0 Å². The van der Waals surface area contributed by atoms with Gasteiger partial charge in [-0.3, -0.25) is 0 Å². The molecule has 5 nitrogen and oxygen atoms in total. The maximum atomic E-state index is 13.3. The second-order valence-electron chi connectivity index (χ2n) is 5.20. The second-order valence-corrected chi connectivity index (χ2v) is 5.20. The van der Waals surface area contributed by atoms with Crippen LogP contribution < -0.4 is 5.32 Å². The smallest absolute Gasteiger partial charge is 0.394 e. The molecule has 2 rings (SSSR count). The van der Waals surface area contributed by atoms with Crippen molar-refractivity contribution in [3.63, 3.8) is 0 Å². The van der Waals surface area contributed by atoms with Gasteiger partial charge in [0, 0.05) is 6.42 Å². The third kappa shape index (κ3) is 4.27. The molecular formula is C13H14F5N3O2. The average Bonchev–Trinajstić information content (AvgIpc) is 2.79. The molecule has 23 heavy (non-hydrogen) atoms. The fraction of sp³-hybridized carbons (Fsp3) is 0.538. The lowest BCUT2D eigenvalue weighted by Crippen LogP contribution is -2.44. The number of nitrogens with zero attached hydrogens (tertiary/aromatic N) is 2. The van der Waals surface area contributed by atoms with Crippen molar-refractivity contribution >= 4 is 6.03 Å². The number of hydrogen-bond acceptors (Lipinski definition) is 3. The minimum absolute atomic E-state index is 0.0559. The maximum Gasteiger partial charge on any atom is 0.433 e. The Morgan fingerprint density at radius 1 is 1.43 bits per heavy atom.